The molecule has 0 radical (unpaired) electrons. The second-order valence-electron chi connectivity index (χ2n) is 5.42. The lowest BCUT2D eigenvalue weighted by atomic mass is 10.1. The van der Waals surface area contributed by atoms with Gasteiger partial charge in [-0.3, -0.25) is 15.5 Å². The fourth-order valence-corrected chi connectivity index (χ4v) is 2.79. The van der Waals surface area contributed by atoms with E-state index in [1.807, 2.05) is 31.2 Å². The number of amides is 3. The molecule has 8 heteroatoms. The fourth-order valence-electron chi connectivity index (χ4n) is 2.79. The molecule has 4 N–H and O–H groups in total. The summed E-state index contributed by atoms with van der Waals surface area (Å²) in [5.41, 5.74) is 4.71. The van der Waals surface area contributed by atoms with Gasteiger partial charge in [0.15, 0.2) is 12.2 Å². The molecule has 1 aromatic rings. The maximum atomic E-state index is 12.2. The quantitative estimate of drug-likeness (QED) is 0.505. The molecule has 1 saturated heterocycles. The van der Waals surface area contributed by atoms with Gasteiger partial charge >= 0.3 is 6.03 Å². The number of nitrogens with two attached hydrogens (primary N) is 1. The van der Waals surface area contributed by atoms with Gasteiger partial charge in [0.05, 0.1) is 0 Å². The van der Waals surface area contributed by atoms with Crippen LogP contribution in [0.4, 0.5) is 4.79 Å². The van der Waals surface area contributed by atoms with Crippen LogP contribution in [0.2, 0.25) is 0 Å². The molecular weight excluding hydrogens is 284 g/mol. The predicted molar refractivity (Wildman–Crippen MR) is 80.4 cm³/mol. The molecule has 0 saturated carbocycles. The highest BCUT2D eigenvalue weighted by Crippen LogP contribution is 2.25. The zero-order chi connectivity index (χ0) is 15.9. The highest BCUT2D eigenvalue weighted by atomic mass is 16.2. The minimum absolute atomic E-state index is 0.365. The smallest absolute Gasteiger partial charge is 0.322 e. The number of carbonyl (C=O) groups excluding carboxylic acids is 2. The second kappa shape index (κ2) is 5.30. The van der Waals surface area contributed by atoms with Crippen LogP contribution in [0.25, 0.3) is 0 Å². The molecule has 2 aliphatic heterocycles. The number of aryl methyl sites for hydroxylation is 1. The lowest BCUT2D eigenvalue weighted by molar-refractivity contribution is -0.127. The third-order valence-electron chi connectivity index (χ3n) is 4.09. The minimum atomic E-state index is -0.589. The van der Waals surface area contributed by atoms with E-state index in [-0.39, 0.29) is 5.91 Å². The number of carbonyl (C=O) groups is 2. The Hall–Kier alpha value is -2.61. The molecule has 22 heavy (non-hydrogen) atoms. The molecule has 0 spiro atoms. The highest BCUT2D eigenvalue weighted by molar-refractivity contribution is 6.03. The number of aliphatic imine (C=N–C) groups is 1. The molecule has 3 amide bonds. The Morgan fingerprint density at radius 1 is 1.36 bits per heavy atom. The summed E-state index contributed by atoms with van der Waals surface area (Å²) in [6.45, 7) is 2.48. The number of fused-ring (bicyclic) bond motifs is 1. The van der Waals surface area contributed by atoms with E-state index >= 15 is 0 Å². The first-order chi connectivity index (χ1) is 10.5. The number of rotatable bonds is 2. The summed E-state index contributed by atoms with van der Waals surface area (Å²) < 4.78 is 0. The minimum Gasteiger partial charge on any atom is -0.322 e. The van der Waals surface area contributed by atoms with Crippen molar-refractivity contribution in [1.82, 2.24) is 20.5 Å². The summed E-state index contributed by atoms with van der Waals surface area (Å²) >= 11 is 0. The number of hydrogen-bond donors (Lipinski definition) is 3. The first kappa shape index (κ1) is 14.3. The van der Waals surface area contributed by atoms with Gasteiger partial charge in [-0.05, 0) is 18.1 Å². The van der Waals surface area contributed by atoms with Gasteiger partial charge < -0.3 is 9.80 Å². The Balaban J connectivity index is 1.93. The van der Waals surface area contributed by atoms with Crippen LogP contribution in [-0.4, -0.2) is 47.0 Å². The van der Waals surface area contributed by atoms with Crippen molar-refractivity contribution in [3.63, 3.8) is 0 Å². The number of guanidine groups is 1. The molecule has 1 aromatic carbocycles. The summed E-state index contributed by atoms with van der Waals surface area (Å²) in [6.07, 6.45) is -0.573. The number of benzene rings is 1. The van der Waals surface area contributed by atoms with E-state index in [9.17, 15) is 9.59 Å². The second-order valence-corrected chi connectivity index (χ2v) is 5.42. The van der Waals surface area contributed by atoms with Gasteiger partial charge in [0, 0.05) is 13.6 Å². The van der Waals surface area contributed by atoms with Gasteiger partial charge in [0.1, 0.15) is 0 Å². The van der Waals surface area contributed by atoms with Crippen molar-refractivity contribution in [2.24, 2.45) is 10.8 Å². The average molecular weight is 302 g/mol. The lowest BCUT2D eigenvalue weighted by Gasteiger charge is -2.36. The largest absolute Gasteiger partial charge is 0.325 e. The van der Waals surface area contributed by atoms with Crippen LogP contribution in [0, 0.1) is 6.92 Å². The standard InChI is InChI=1S/C14H18N6O2/c1-8-5-3-4-6-9(8)7-20-10-11(16-13(20)18-15)19(2)14(22)17-12(10)21/h3-6,10-11H,7,15H2,1-2H3,(H,16,18)(H,17,21,22). The van der Waals surface area contributed by atoms with Crippen molar-refractivity contribution in [3.05, 3.63) is 35.4 Å². The van der Waals surface area contributed by atoms with Crippen LogP contribution in [0.3, 0.4) is 0 Å². The summed E-state index contributed by atoms with van der Waals surface area (Å²) in [6, 6.07) is 6.86. The molecule has 2 aliphatic rings. The van der Waals surface area contributed by atoms with Crippen molar-refractivity contribution in [2.45, 2.75) is 25.7 Å². The van der Waals surface area contributed by atoms with Gasteiger partial charge in [0.2, 0.25) is 5.96 Å². The van der Waals surface area contributed by atoms with Crippen molar-refractivity contribution in [1.29, 1.82) is 0 Å². The Bertz CT molecular complexity index is 658. The molecule has 116 valence electrons. The third kappa shape index (κ3) is 2.17. The van der Waals surface area contributed by atoms with Gasteiger partial charge in [-0.15, -0.1) is 0 Å². The van der Waals surface area contributed by atoms with Gasteiger partial charge in [0.25, 0.3) is 5.91 Å². The number of hydrazine groups is 1. The molecule has 2 unspecified atom stereocenters. The number of nitrogens with zero attached hydrogens (tertiary/aromatic N) is 3. The van der Waals surface area contributed by atoms with Crippen molar-refractivity contribution < 1.29 is 9.59 Å². The zero-order valence-electron chi connectivity index (χ0n) is 12.4. The summed E-state index contributed by atoms with van der Waals surface area (Å²) in [7, 11) is 1.61. The normalized spacial score (nSPS) is 24.0. The molecule has 1 fully saturated rings. The van der Waals surface area contributed by atoms with Crippen LogP contribution in [-0.2, 0) is 11.3 Å². The van der Waals surface area contributed by atoms with Crippen molar-refractivity contribution >= 4 is 17.9 Å². The summed E-state index contributed by atoms with van der Waals surface area (Å²) in [5.74, 6) is 5.57. The summed E-state index contributed by atoms with van der Waals surface area (Å²) in [4.78, 5) is 31.5. The monoisotopic (exact) mass is 302 g/mol. The van der Waals surface area contributed by atoms with Crippen molar-refractivity contribution in [3.8, 4) is 0 Å². The number of hydrogen-bond acceptors (Lipinski definition) is 6. The molecule has 0 bridgehead atoms. The SMILES string of the molecule is Cc1ccccc1CN1C(NN)=NC2C1C(=O)NC(=O)N2C. The molecule has 8 nitrogen and oxygen atoms in total. The number of imide groups is 1. The van der Waals surface area contributed by atoms with E-state index in [4.69, 9.17) is 5.84 Å². The van der Waals surface area contributed by atoms with Crippen LogP contribution < -0.4 is 16.6 Å². The topological polar surface area (TPSA) is 103 Å². The molecule has 2 atom stereocenters. The van der Waals surface area contributed by atoms with E-state index < -0.39 is 18.2 Å². The van der Waals surface area contributed by atoms with Gasteiger partial charge in [-0.1, -0.05) is 24.3 Å². The molecule has 3 rings (SSSR count). The molecule has 0 aromatic heterocycles. The predicted octanol–water partition coefficient (Wildman–Crippen LogP) is -0.494. The number of likely N-dealkylation sites (N-methyl/N-ethyl adjacent to an activating group) is 1. The summed E-state index contributed by atoms with van der Waals surface area (Å²) in [5, 5.41) is 2.34. The fraction of sp³-hybridized carbons (Fsp3) is 0.357. The Morgan fingerprint density at radius 2 is 2.09 bits per heavy atom. The van der Waals surface area contributed by atoms with Crippen LogP contribution in [0.5, 0.6) is 0 Å². The Labute approximate surface area is 127 Å². The highest BCUT2D eigenvalue weighted by Gasteiger charge is 2.48. The van der Waals surface area contributed by atoms with E-state index in [1.165, 1.54) is 4.90 Å². The lowest BCUT2D eigenvalue weighted by Crippen LogP contribution is -2.64. The van der Waals surface area contributed by atoms with Crippen LogP contribution >= 0.6 is 0 Å². The first-order valence-corrected chi connectivity index (χ1v) is 6.96. The first-order valence-electron chi connectivity index (χ1n) is 6.96. The molecular formula is C14H18N6O2. The van der Waals surface area contributed by atoms with E-state index in [0.29, 0.717) is 12.5 Å². The maximum absolute atomic E-state index is 12.2. The van der Waals surface area contributed by atoms with E-state index in [0.717, 1.165) is 11.1 Å². The van der Waals surface area contributed by atoms with Crippen molar-refractivity contribution in [2.75, 3.05) is 7.05 Å². The maximum Gasteiger partial charge on any atom is 0.325 e. The third-order valence-corrected chi connectivity index (χ3v) is 4.09. The Kier molecular flexibility index (Phi) is 3.45. The Morgan fingerprint density at radius 3 is 2.77 bits per heavy atom. The zero-order valence-corrected chi connectivity index (χ0v) is 12.4. The number of urea groups is 1. The van der Waals surface area contributed by atoms with Crippen LogP contribution in [0.15, 0.2) is 29.3 Å². The van der Waals surface area contributed by atoms with Crippen LogP contribution in [0.1, 0.15) is 11.1 Å². The van der Waals surface area contributed by atoms with Gasteiger partial charge in [-0.2, -0.15) is 0 Å². The van der Waals surface area contributed by atoms with Gasteiger partial charge in [-0.25, -0.2) is 15.6 Å². The van der Waals surface area contributed by atoms with E-state index in [1.54, 1.807) is 11.9 Å². The van der Waals surface area contributed by atoms with E-state index in [2.05, 4.69) is 15.7 Å². The average Bonchev–Trinajstić information content (AvgIpc) is 2.86. The molecule has 0 aliphatic carbocycles. The number of nitrogens with one attached hydrogen (secondary N) is 2. The molecule has 2 heterocycles.